The molecular weight excluding hydrogens is 226 g/mol. The molecule has 2 rings (SSSR count). The van der Waals surface area contributed by atoms with Gasteiger partial charge in [0.25, 0.3) is 0 Å². The first-order chi connectivity index (χ1) is 8.25. The van der Waals surface area contributed by atoms with Crippen molar-refractivity contribution < 1.29 is 0 Å². The SMILES string of the molecule is Cc1ccccc1CC(N)CC1CCSCC1. The summed E-state index contributed by atoms with van der Waals surface area (Å²) in [7, 11) is 0. The van der Waals surface area contributed by atoms with E-state index in [4.69, 9.17) is 5.73 Å². The number of rotatable bonds is 4. The first kappa shape index (κ1) is 13.0. The Morgan fingerprint density at radius 3 is 2.71 bits per heavy atom. The number of nitrogens with two attached hydrogens (primary N) is 1. The van der Waals surface area contributed by atoms with Gasteiger partial charge in [-0.05, 0) is 61.2 Å². The lowest BCUT2D eigenvalue weighted by Crippen LogP contribution is -2.27. The van der Waals surface area contributed by atoms with Crippen LogP contribution in [0.5, 0.6) is 0 Å². The molecule has 1 saturated heterocycles. The van der Waals surface area contributed by atoms with E-state index in [0.29, 0.717) is 6.04 Å². The van der Waals surface area contributed by atoms with E-state index >= 15 is 0 Å². The van der Waals surface area contributed by atoms with Gasteiger partial charge in [0.05, 0.1) is 0 Å². The zero-order chi connectivity index (χ0) is 12.1. The second-order valence-corrected chi connectivity index (χ2v) is 6.41. The number of benzene rings is 1. The van der Waals surface area contributed by atoms with Crippen LogP contribution in [0.1, 0.15) is 30.4 Å². The van der Waals surface area contributed by atoms with Crippen LogP contribution in [0.2, 0.25) is 0 Å². The van der Waals surface area contributed by atoms with Gasteiger partial charge in [-0.3, -0.25) is 0 Å². The predicted octanol–water partition coefficient (Wildman–Crippen LogP) is 3.40. The van der Waals surface area contributed by atoms with Gasteiger partial charge in [0.2, 0.25) is 0 Å². The van der Waals surface area contributed by atoms with E-state index in [9.17, 15) is 0 Å². The quantitative estimate of drug-likeness (QED) is 0.885. The Kier molecular flexibility index (Phi) is 4.93. The van der Waals surface area contributed by atoms with Crippen LogP contribution in [-0.4, -0.2) is 17.5 Å². The molecule has 1 nitrogen and oxygen atoms in total. The van der Waals surface area contributed by atoms with Crippen molar-refractivity contribution in [3.63, 3.8) is 0 Å². The van der Waals surface area contributed by atoms with Crippen LogP contribution in [0.3, 0.4) is 0 Å². The molecule has 1 aliphatic heterocycles. The molecule has 1 fully saturated rings. The van der Waals surface area contributed by atoms with Gasteiger partial charge in [-0.25, -0.2) is 0 Å². The molecule has 0 aromatic heterocycles. The summed E-state index contributed by atoms with van der Waals surface area (Å²) >= 11 is 2.09. The van der Waals surface area contributed by atoms with Crippen molar-refractivity contribution >= 4 is 11.8 Å². The predicted molar refractivity (Wildman–Crippen MR) is 77.5 cm³/mol. The van der Waals surface area contributed by atoms with Gasteiger partial charge in [-0.1, -0.05) is 24.3 Å². The number of thioether (sulfide) groups is 1. The highest BCUT2D eigenvalue weighted by atomic mass is 32.2. The third-order valence-electron chi connectivity index (χ3n) is 3.72. The molecule has 17 heavy (non-hydrogen) atoms. The van der Waals surface area contributed by atoms with Crippen molar-refractivity contribution in [3.8, 4) is 0 Å². The van der Waals surface area contributed by atoms with Crippen LogP contribution in [0.4, 0.5) is 0 Å². The molecule has 0 radical (unpaired) electrons. The fourth-order valence-electron chi connectivity index (χ4n) is 2.62. The van der Waals surface area contributed by atoms with E-state index in [0.717, 1.165) is 12.3 Å². The zero-order valence-corrected chi connectivity index (χ0v) is 11.5. The monoisotopic (exact) mass is 249 g/mol. The molecule has 1 atom stereocenters. The molecule has 0 aliphatic carbocycles. The average molecular weight is 249 g/mol. The fourth-order valence-corrected chi connectivity index (χ4v) is 3.82. The Hall–Kier alpha value is -0.470. The van der Waals surface area contributed by atoms with Gasteiger partial charge in [-0.2, -0.15) is 11.8 Å². The van der Waals surface area contributed by atoms with Gasteiger partial charge < -0.3 is 5.73 Å². The molecule has 2 N–H and O–H groups in total. The average Bonchev–Trinajstić information content (AvgIpc) is 2.33. The maximum atomic E-state index is 6.30. The second-order valence-electron chi connectivity index (χ2n) is 5.18. The fraction of sp³-hybridized carbons (Fsp3) is 0.600. The summed E-state index contributed by atoms with van der Waals surface area (Å²) in [6.45, 7) is 2.18. The second kappa shape index (κ2) is 6.46. The smallest absolute Gasteiger partial charge is 0.00820 e. The minimum atomic E-state index is 0.337. The molecule has 2 heteroatoms. The summed E-state index contributed by atoms with van der Waals surface area (Å²) in [4.78, 5) is 0. The first-order valence-corrected chi connectivity index (χ1v) is 7.79. The first-order valence-electron chi connectivity index (χ1n) is 6.63. The Labute approximate surface area is 109 Å². The van der Waals surface area contributed by atoms with E-state index in [1.54, 1.807) is 0 Å². The third kappa shape index (κ3) is 4.04. The van der Waals surface area contributed by atoms with Crippen LogP contribution >= 0.6 is 11.8 Å². The van der Waals surface area contributed by atoms with Crippen LogP contribution in [0.15, 0.2) is 24.3 Å². The standard InChI is InChI=1S/C15H23NS/c1-12-4-2-3-5-14(12)11-15(16)10-13-6-8-17-9-7-13/h2-5,13,15H,6-11,16H2,1H3. The highest BCUT2D eigenvalue weighted by molar-refractivity contribution is 7.99. The minimum absolute atomic E-state index is 0.337. The molecule has 1 aromatic rings. The van der Waals surface area contributed by atoms with E-state index in [-0.39, 0.29) is 0 Å². The van der Waals surface area contributed by atoms with Crippen molar-refractivity contribution in [3.05, 3.63) is 35.4 Å². The molecular formula is C15H23NS. The topological polar surface area (TPSA) is 26.0 Å². The Morgan fingerprint density at radius 2 is 2.00 bits per heavy atom. The minimum Gasteiger partial charge on any atom is -0.327 e. The number of aryl methyl sites for hydroxylation is 1. The number of hydrogen-bond acceptors (Lipinski definition) is 2. The van der Waals surface area contributed by atoms with Gasteiger partial charge >= 0.3 is 0 Å². The zero-order valence-electron chi connectivity index (χ0n) is 10.7. The molecule has 94 valence electrons. The molecule has 1 unspecified atom stereocenters. The summed E-state index contributed by atoms with van der Waals surface area (Å²) in [5, 5.41) is 0. The van der Waals surface area contributed by atoms with Crippen molar-refractivity contribution in [1.29, 1.82) is 0 Å². The lowest BCUT2D eigenvalue weighted by molar-refractivity contribution is 0.405. The van der Waals surface area contributed by atoms with Crippen LogP contribution in [0, 0.1) is 12.8 Å². The van der Waals surface area contributed by atoms with Gasteiger partial charge in [0.15, 0.2) is 0 Å². The Morgan fingerprint density at radius 1 is 1.29 bits per heavy atom. The number of hydrogen-bond donors (Lipinski definition) is 1. The van der Waals surface area contributed by atoms with E-state index in [2.05, 4.69) is 43.0 Å². The van der Waals surface area contributed by atoms with Crippen molar-refractivity contribution in [1.82, 2.24) is 0 Å². The van der Waals surface area contributed by atoms with Crippen LogP contribution < -0.4 is 5.73 Å². The maximum Gasteiger partial charge on any atom is 0.00820 e. The van der Waals surface area contributed by atoms with Gasteiger partial charge in [0.1, 0.15) is 0 Å². The van der Waals surface area contributed by atoms with E-state index in [1.165, 1.54) is 41.9 Å². The van der Waals surface area contributed by atoms with Gasteiger partial charge in [-0.15, -0.1) is 0 Å². The van der Waals surface area contributed by atoms with Gasteiger partial charge in [0, 0.05) is 6.04 Å². The van der Waals surface area contributed by atoms with Crippen LogP contribution in [-0.2, 0) is 6.42 Å². The molecule has 0 saturated carbocycles. The maximum absolute atomic E-state index is 6.30. The van der Waals surface area contributed by atoms with Crippen molar-refractivity contribution in [2.24, 2.45) is 11.7 Å². The van der Waals surface area contributed by atoms with E-state index in [1.807, 2.05) is 0 Å². The van der Waals surface area contributed by atoms with Crippen molar-refractivity contribution in [2.75, 3.05) is 11.5 Å². The molecule has 0 amide bonds. The Balaban J connectivity index is 1.84. The molecule has 1 aliphatic rings. The van der Waals surface area contributed by atoms with Crippen molar-refractivity contribution in [2.45, 2.75) is 38.6 Å². The lowest BCUT2D eigenvalue weighted by Gasteiger charge is -2.24. The summed E-state index contributed by atoms with van der Waals surface area (Å²) in [6.07, 6.45) is 4.98. The summed E-state index contributed by atoms with van der Waals surface area (Å²) in [6, 6.07) is 8.95. The molecule has 0 bridgehead atoms. The highest BCUT2D eigenvalue weighted by Gasteiger charge is 2.17. The summed E-state index contributed by atoms with van der Waals surface area (Å²) in [5.41, 5.74) is 9.10. The molecule has 1 aromatic carbocycles. The lowest BCUT2D eigenvalue weighted by atomic mass is 9.91. The molecule has 0 spiro atoms. The largest absolute Gasteiger partial charge is 0.327 e. The Bertz CT molecular complexity index is 345. The van der Waals surface area contributed by atoms with E-state index < -0.39 is 0 Å². The summed E-state index contributed by atoms with van der Waals surface area (Å²) in [5.74, 6) is 3.54. The normalized spacial score (nSPS) is 19.2. The highest BCUT2D eigenvalue weighted by Crippen LogP contribution is 2.26. The summed E-state index contributed by atoms with van der Waals surface area (Å²) < 4.78 is 0. The third-order valence-corrected chi connectivity index (χ3v) is 4.77. The van der Waals surface area contributed by atoms with Crippen LogP contribution in [0.25, 0.3) is 0 Å². The molecule has 1 heterocycles.